The Morgan fingerprint density at radius 3 is 2.57 bits per heavy atom. The standard InChI is InChI=1S/C14H15BrN2O4/c15-10-5-3-9(4-6-10)12(18)8-16-13(19)11-2-1-7-17(11)14(20)21/h3-6,11H,1-2,7-8H2,(H,16,19)(H,20,21)/t11-/m0/s1. The molecule has 0 saturated carbocycles. The molecule has 1 heterocycles. The maximum Gasteiger partial charge on any atom is 0.407 e. The molecule has 1 aliphatic rings. The van der Waals surface area contributed by atoms with Crippen molar-refractivity contribution in [3.05, 3.63) is 34.3 Å². The highest BCUT2D eigenvalue weighted by molar-refractivity contribution is 9.10. The van der Waals surface area contributed by atoms with Crippen LogP contribution in [0, 0.1) is 0 Å². The highest BCUT2D eigenvalue weighted by Gasteiger charge is 2.33. The van der Waals surface area contributed by atoms with E-state index in [2.05, 4.69) is 21.2 Å². The van der Waals surface area contributed by atoms with Crippen LogP contribution in [0.15, 0.2) is 28.7 Å². The zero-order chi connectivity index (χ0) is 15.4. The Kier molecular flexibility index (Phi) is 4.95. The Labute approximate surface area is 130 Å². The molecule has 2 N–H and O–H groups in total. The predicted octanol–water partition coefficient (Wildman–Crippen LogP) is 1.89. The molecule has 21 heavy (non-hydrogen) atoms. The van der Waals surface area contributed by atoms with Crippen LogP contribution in [0.2, 0.25) is 0 Å². The van der Waals surface area contributed by atoms with Crippen LogP contribution in [0.5, 0.6) is 0 Å². The normalized spacial score (nSPS) is 17.6. The molecule has 1 atom stereocenters. The van der Waals surface area contributed by atoms with Gasteiger partial charge in [0.05, 0.1) is 6.54 Å². The molecule has 0 unspecified atom stereocenters. The van der Waals surface area contributed by atoms with Crippen molar-refractivity contribution >= 4 is 33.7 Å². The molecule has 0 radical (unpaired) electrons. The maximum atomic E-state index is 12.0. The third-order valence-electron chi connectivity index (χ3n) is 3.39. The van der Waals surface area contributed by atoms with E-state index in [9.17, 15) is 14.4 Å². The second-order valence-corrected chi connectivity index (χ2v) is 5.70. The average molecular weight is 355 g/mol. The highest BCUT2D eigenvalue weighted by atomic mass is 79.9. The molecule has 1 aliphatic heterocycles. The predicted molar refractivity (Wildman–Crippen MR) is 79.2 cm³/mol. The molecule has 0 spiro atoms. The van der Waals surface area contributed by atoms with E-state index in [0.717, 1.165) is 9.37 Å². The molecule has 0 aliphatic carbocycles. The number of hydrogen-bond donors (Lipinski definition) is 2. The Balaban J connectivity index is 1.90. The van der Waals surface area contributed by atoms with E-state index in [1.54, 1.807) is 24.3 Å². The summed E-state index contributed by atoms with van der Waals surface area (Å²) >= 11 is 3.28. The molecule has 1 aromatic carbocycles. The van der Waals surface area contributed by atoms with Crippen molar-refractivity contribution in [2.45, 2.75) is 18.9 Å². The van der Waals surface area contributed by atoms with Crippen molar-refractivity contribution < 1.29 is 19.5 Å². The molecule has 6 nitrogen and oxygen atoms in total. The van der Waals surface area contributed by atoms with Gasteiger partial charge in [-0.3, -0.25) is 14.5 Å². The van der Waals surface area contributed by atoms with E-state index >= 15 is 0 Å². The molecule has 2 amide bonds. The first kappa shape index (κ1) is 15.5. The number of ketones is 1. The van der Waals surface area contributed by atoms with Gasteiger partial charge < -0.3 is 10.4 Å². The lowest BCUT2D eigenvalue weighted by Crippen LogP contribution is -2.46. The van der Waals surface area contributed by atoms with Crippen LogP contribution in [-0.2, 0) is 4.79 Å². The smallest absolute Gasteiger partial charge is 0.407 e. The number of carbonyl (C=O) groups is 3. The fourth-order valence-electron chi connectivity index (χ4n) is 2.29. The second kappa shape index (κ2) is 6.71. The number of hydrogen-bond acceptors (Lipinski definition) is 3. The minimum atomic E-state index is -1.10. The van der Waals surface area contributed by atoms with Crippen molar-refractivity contribution in [2.24, 2.45) is 0 Å². The summed E-state index contributed by atoms with van der Waals surface area (Å²) in [5.74, 6) is -0.629. The fraction of sp³-hybridized carbons (Fsp3) is 0.357. The number of likely N-dealkylation sites (tertiary alicyclic amines) is 1. The molecule has 2 rings (SSSR count). The zero-order valence-corrected chi connectivity index (χ0v) is 12.8. The third kappa shape index (κ3) is 3.81. The summed E-state index contributed by atoms with van der Waals surface area (Å²) < 4.78 is 0.867. The summed E-state index contributed by atoms with van der Waals surface area (Å²) in [6.07, 6.45) is 0.0437. The van der Waals surface area contributed by atoms with Crippen molar-refractivity contribution in [3.8, 4) is 0 Å². The van der Waals surface area contributed by atoms with Gasteiger partial charge in [0.1, 0.15) is 6.04 Å². The Bertz CT molecular complexity index is 559. The molecule has 112 valence electrons. The lowest BCUT2D eigenvalue weighted by molar-refractivity contribution is -0.124. The monoisotopic (exact) mass is 354 g/mol. The van der Waals surface area contributed by atoms with Crippen LogP contribution in [-0.4, -0.2) is 46.9 Å². The van der Waals surface area contributed by atoms with Gasteiger partial charge in [-0.2, -0.15) is 0 Å². The minimum Gasteiger partial charge on any atom is -0.465 e. The topological polar surface area (TPSA) is 86.7 Å². The number of Topliss-reactive ketones (excluding diaryl/α,β-unsaturated/α-hetero) is 1. The van der Waals surface area contributed by atoms with Crippen molar-refractivity contribution in [2.75, 3.05) is 13.1 Å². The van der Waals surface area contributed by atoms with E-state index in [1.165, 1.54) is 0 Å². The van der Waals surface area contributed by atoms with E-state index < -0.39 is 18.0 Å². The van der Waals surface area contributed by atoms with Crippen molar-refractivity contribution in [1.82, 2.24) is 10.2 Å². The number of benzene rings is 1. The fourth-order valence-corrected chi connectivity index (χ4v) is 2.56. The first-order chi connectivity index (χ1) is 9.99. The number of halogens is 1. The molecule has 1 aromatic rings. The van der Waals surface area contributed by atoms with E-state index in [4.69, 9.17) is 5.11 Å². The molecule has 1 saturated heterocycles. The van der Waals surface area contributed by atoms with E-state index in [1.807, 2.05) is 0 Å². The van der Waals surface area contributed by atoms with Crippen LogP contribution < -0.4 is 5.32 Å². The number of carbonyl (C=O) groups excluding carboxylic acids is 2. The molecule has 7 heteroatoms. The SMILES string of the molecule is O=C(CNC(=O)[C@@H]1CCCN1C(=O)O)c1ccc(Br)cc1. The maximum absolute atomic E-state index is 12.0. The van der Waals surface area contributed by atoms with E-state index in [0.29, 0.717) is 24.9 Å². The summed E-state index contributed by atoms with van der Waals surface area (Å²) in [7, 11) is 0. The first-order valence-corrected chi connectivity index (χ1v) is 7.34. The van der Waals surface area contributed by atoms with Gasteiger partial charge in [0, 0.05) is 16.6 Å². The number of carboxylic acid groups (broad SMARTS) is 1. The summed E-state index contributed by atoms with van der Waals surface area (Å²) in [6, 6.07) is 6.13. The number of nitrogens with one attached hydrogen (secondary N) is 1. The number of amides is 2. The Morgan fingerprint density at radius 1 is 1.29 bits per heavy atom. The molecule has 1 fully saturated rings. The zero-order valence-electron chi connectivity index (χ0n) is 11.2. The molecular weight excluding hydrogens is 340 g/mol. The van der Waals surface area contributed by atoms with Crippen molar-refractivity contribution in [1.29, 1.82) is 0 Å². The lowest BCUT2D eigenvalue weighted by atomic mass is 10.1. The second-order valence-electron chi connectivity index (χ2n) is 4.78. The van der Waals surface area contributed by atoms with Crippen LogP contribution in [0.1, 0.15) is 23.2 Å². The summed E-state index contributed by atoms with van der Waals surface area (Å²) in [4.78, 5) is 36.0. The Morgan fingerprint density at radius 2 is 1.95 bits per heavy atom. The molecule has 0 bridgehead atoms. The van der Waals surface area contributed by atoms with Gasteiger partial charge >= 0.3 is 6.09 Å². The van der Waals surface area contributed by atoms with Gasteiger partial charge in [-0.05, 0) is 25.0 Å². The van der Waals surface area contributed by atoms with Gasteiger partial charge in [0.2, 0.25) is 5.91 Å². The van der Waals surface area contributed by atoms with Gasteiger partial charge in [0.25, 0.3) is 0 Å². The molecular formula is C14H15BrN2O4. The number of rotatable bonds is 4. The summed E-state index contributed by atoms with van der Waals surface area (Å²) in [6.45, 7) is 0.221. The van der Waals surface area contributed by atoms with Gasteiger partial charge in [-0.1, -0.05) is 28.1 Å². The average Bonchev–Trinajstić information content (AvgIpc) is 2.95. The van der Waals surface area contributed by atoms with Crippen LogP contribution in [0.4, 0.5) is 4.79 Å². The number of nitrogens with zero attached hydrogens (tertiary/aromatic N) is 1. The highest BCUT2D eigenvalue weighted by Crippen LogP contribution is 2.17. The molecule has 0 aromatic heterocycles. The van der Waals surface area contributed by atoms with Gasteiger partial charge in [-0.15, -0.1) is 0 Å². The summed E-state index contributed by atoms with van der Waals surface area (Å²) in [5.41, 5.74) is 0.500. The first-order valence-electron chi connectivity index (χ1n) is 6.55. The third-order valence-corrected chi connectivity index (χ3v) is 3.92. The lowest BCUT2D eigenvalue weighted by Gasteiger charge is -2.20. The van der Waals surface area contributed by atoms with Crippen LogP contribution >= 0.6 is 15.9 Å². The van der Waals surface area contributed by atoms with Crippen molar-refractivity contribution in [3.63, 3.8) is 0 Å². The minimum absolute atomic E-state index is 0.134. The largest absolute Gasteiger partial charge is 0.465 e. The van der Waals surface area contributed by atoms with Crippen LogP contribution in [0.3, 0.4) is 0 Å². The Hall–Kier alpha value is -1.89. The van der Waals surface area contributed by atoms with Gasteiger partial charge in [0.15, 0.2) is 5.78 Å². The van der Waals surface area contributed by atoms with E-state index in [-0.39, 0.29) is 12.3 Å². The van der Waals surface area contributed by atoms with Crippen LogP contribution in [0.25, 0.3) is 0 Å². The quantitative estimate of drug-likeness (QED) is 0.808. The summed E-state index contributed by atoms with van der Waals surface area (Å²) in [5, 5.41) is 11.5. The van der Waals surface area contributed by atoms with Gasteiger partial charge in [-0.25, -0.2) is 4.79 Å².